The van der Waals surface area contributed by atoms with E-state index in [0.717, 1.165) is 29.1 Å². The predicted molar refractivity (Wildman–Crippen MR) is 152 cm³/mol. The Morgan fingerprint density at radius 1 is 1.18 bits per heavy atom. The number of carbonyl (C=O) groups is 2. The van der Waals surface area contributed by atoms with Crippen LogP contribution >= 0.6 is 11.3 Å². The minimum absolute atomic E-state index is 0.0227. The molecule has 0 aromatic carbocycles. The van der Waals surface area contributed by atoms with Gasteiger partial charge in [0.05, 0.1) is 34.7 Å². The van der Waals surface area contributed by atoms with Crippen molar-refractivity contribution >= 4 is 29.2 Å². The second-order valence-corrected chi connectivity index (χ2v) is 14.2. The zero-order valence-corrected chi connectivity index (χ0v) is 25.4. The molecule has 2 N–H and O–H groups in total. The molecule has 1 aromatic rings. The number of esters is 1. The average Bonchev–Trinajstić information content (AvgIpc) is 3.48. The maximum atomic E-state index is 13.4. The van der Waals surface area contributed by atoms with Crippen LogP contribution in [0.2, 0.25) is 0 Å². The number of ketones is 1. The third-order valence-corrected chi connectivity index (χ3v) is 9.55. The number of hydrogen-bond donors (Lipinski definition) is 2. The van der Waals surface area contributed by atoms with Crippen molar-refractivity contribution in [3.05, 3.63) is 33.3 Å². The van der Waals surface area contributed by atoms with E-state index in [4.69, 9.17) is 4.74 Å². The maximum Gasteiger partial charge on any atom is 0.309 e. The molecule has 7 atom stereocenters. The molecule has 0 spiro atoms. The van der Waals surface area contributed by atoms with Crippen molar-refractivity contribution in [3.63, 3.8) is 0 Å². The number of allylic oxidation sites excluding steroid dienone is 1. The van der Waals surface area contributed by atoms with Gasteiger partial charge in [0.2, 0.25) is 0 Å². The Hall–Kier alpha value is -1.83. The van der Waals surface area contributed by atoms with E-state index in [-0.39, 0.29) is 23.5 Å². The van der Waals surface area contributed by atoms with Crippen LogP contribution in [0, 0.1) is 41.4 Å². The summed E-state index contributed by atoms with van der Waals surface area (Å²) in [6.07, 6.45) is 3.83. The summed E-state index contributed by atoms with van der Waals surface area (Å²) in [6, 6.07) is 0. The second-order valence-electron chi connectivity index (χ2n) is 13.2. The highest BCUT2D eigenvalue weighted by atomic mass is 32.1. The van der Waals surface area contributed by atoms with Crippen LogP contribution in [-0.4, -0.2) is 45.3 Å². The summed E-state index contributed by atoms with van der Waals surface area (Å²) in [7, 11) is 0. The van der Waals surface area contributed by atoms with Crippen molar-refractivity contribution in [3.8, 4) is 0 Å². The van der Waals surface area contributed by atoms with Crippen LogP contribution in [0.1, 0.15) is 91.8 Å². The third kappa shape index (κ3) is 7.22. The molecule has 1 aromatic heterocycles. The third-order valence-electron chi connectivity index (χ3n) is 8.76. The van der Waals surface area contributed by atoms with Crippen LogP contribution < -0.4 is 0 Å². The van der Waals surface area contributed by atoms with E-state index in [2.05, 4.69) is 31.8 Å². The van der Waals surface area contributed by atoms with Gasteiger partial charge in [0.15, 0.2) is 0 Å². The summed E-state index contributed by atoms with van der Waals surface area (Å²) in [5.74, 6) is -0.637. The van der Waals surface area contributed by atoms with Gasteiger partial charge in [-0.25, -0.2) is 4.98 Å². The Labute approximate surface area is 232 Å². The normalized spacial score (nSPS) is 35.2. The number of aliphatic hydroxyl groups excluding tert-OH is 2. The topological polar surface area (TPSA) is 96.7 Å². The lowest BCUT2D eigenvalue weighted by molar-refractivity contribution is -0.154. The molecule has 1 aliphatic heterocycles. The van der Waals surface area contributed by atoms with Crippen LogP contribution in [0.3, 0.4) is 0 Å². The van der Waals surface area contributed by atoms with E-state index in [9.17, 15) is 19.8 Å². The number of aliphatic hydroxyl groups is 2. The van der Waals surface area contributed by atoms with Gasteiger partial charge in [-0.15, -0.1) is 11.3 Å². The Morgan fingerprint density at radius 2 is 1.84 bits per heavy atom. The number of rotatable bonds is 2. The first-order valence-electron chi connectivity index (χ1n) is 13.9. The summed E-state index contributed by atoms with van der Waals surface area (Å²) in [6.45, 7) is 17.6. The van der Waals surface area contributed by atoms with Gasteiger partial charge in [-0.05, 0) is 61.5 Å². The molecule has 212 valence electrons. The number of ether oxygens (including phenoxy) is 1. The fourth-order valence-corrected chi connectivity index (χ4v) is 6.28. The number of thiazole rings is 1. The van der Waals surface area contributed by atoms with Gasteiger partial charge >= 0.3 is 5.97 Å². The second kappa shape index (κ2) is 11.7. The van der Waals surface area contributed by atoms with Crippen molar-refractivity contribution in [2.75, 3.05) is 0 Å². The number of carbonyl (C=O) groups excluding carboxylic acids is 2. The van der Waals surface area contributed by atoms with Gasteiger partial charge < -0.3 is 14.9 Å². The molecule has 0 amide bonds. The first-order valence-corrected chi connectivity index (χ1v) is 14.8. The van der Waals surface area contributed by atoms with Gasteiger partial charge in [0.25, 0.3) is 0 Å². The van der Waals surface area contributed by atoms with Gasteiger partial charge in [-0.1, -0.05) is 60.1 Å². The molecule has 0 unspecified atom stereocenters. The molecule has 1 aliphatic carbocycles. The fourth-order valence-electron chi connectivity index (χ4n) is 5.71. The van der Waals surface area contributed by atoms with Crippen LogP contribution in [-0.2, 0) is 14.3 Å². The summed E-state index contributed by atoms with van der Waals surface area (Å²) >= 11 is 1.57. The summed E-state index contributed by atoms with van der Waals surface area (Å²) in [4.78, 5) is 31.0. The van der Waals surface area contributed by atoms with Crippen LogP contribution in [0.5, 0.6) is 0 Å². The molecule has 1 saturated carbocycles. The molecule has 7 heteroatoms. The molecular weight excluding hydrogens is 498 g/mol. The molecule has 2 aliphatic rings. The Bertz CT molecular complexity index is 1080. The number of aryl methyl sites for hydroxylation is 1. The molecule has 38 heavy (non-hydrogen) atoms. The highest BCUT2D eigenvalue weighted by Crippen LogP contribution is 2.52. The number of hydrogen-bond acceptors (Lipinski definition) is 7. The zero-order chi connectivity index (χ0) is 28.6. The molecule has 6 nitrogen and oxygen atoms in total. The smallest absolute Gasteiger partial charge is 0.309 e. The summed E-state index contributed by atoms with van der Waals surface area (Å²) in [5.41, 5.74) is 1.78. The van der Waals surface area contributed by atoms with Gasteiger partial charge in [0.1, 0.15) is 11.9 Å². The van der Waals surface area contributed by atoms with E-state index < -0.39 is 35.6 Å². The molecule has 2 heterocycles. The van der Waals surface area contributed by atoms with Crippen molar-refractivity contribution in [2.24, 2.45) is 34.5 Å². The SMILES string of the molecule is CC(=Cc1csc(C)n1)[C@H]1C/C=C(/C(C)(C)C)C[C@@H]2C[C@@H]2[C@H](C)[C@@H](O)[C@@H](C)C(=O)C(C)(C)[C@@H](O)CC(=O)O1. The number of nitrogens with zero attached hydrogens (tertiary/aromatic N) is 1. The lowest BCUT2D eigenvalue weighted by atomic mass is 9.72. The van der Waals surface area contributed by atoms with Crippen molar-refractivity contribution in [2.45, 2.75) is 106 Å². The molecule has 0 bridgehead atoms. The van der Waals surface area contributed by atoms with Crippen LogP contribution in [0.15, 0.2) is 22.6 Å². The Balaban J connectivity index is 1.98. The highest BCUT2D eigenvalue weighted by Gasteiger charge is 2.48. The van der Waals surface area contributed by atoms with E-state index in [1.807, 2.05) is 32.2 Å². The average molecular weight is 546 g/mol. The van der Waals surface area contributed by atoms with E-state index in [0.29, 0.717) is 18.3 Å². The van der Waals surface area contributed by atoms with E-state index >= 15 is 0 Å². The van der Waals surface area contributed by atoms with Crippen LogP contribution in [0.25, 0.3) is 6.08 Å². The van der Waals surface area contributed by atoms with Crippen molar-refractivity contribution < 1.29 is 24.5 Å². The number of Topliss-reactive ketones (excluding diaryl/α,β-unsaturated/α-hetero) is 1. The minimum atomic E-state index is -1.22. The molecule has 0 saturated heterocycles. The number of fused-ring (bicyclic) bond motifs is 1. The summed E-state index contributed by atoms with van der Waals surface area (Å²) < 4.78 is 5.96. The molecular formula is C31H47NO5S. The maximum absolute atomic E-state index is 13.4. The first-order chi connectivity index (χ1) is 17.5. The van der Waals surface area contributed by atoms with Gasteiger partial charge in [-0.2, -0.15) is 0 Å². The Morgan fingerprint density at radius 3 is 2.42 bits per heavy atom. The fraction of sp³-hybridized carbons (Fsp3) is 0.710. The van der Waals surface area contributed by atoms with Crippen molar-refractivity contribution in [1.82, 2.24) is 4.98 Å². The monoisotopic (exact) mass is 545 g/mol. The van der Waals surface area contributed by atoms with E-state index in [1.165, 1.54) is 5.57 Å². The lowest BCUT2D eigenvalue weighted by Crippen LogP contribution is -2.46. The van der Waals surface area contributed by atoms with Gasteiger partial charge in [-0.3, -0.25) is 9.59 Å². The van der Waals surface area contributed by atoms with Gasteiger partial charge in [0, 0.05) is 17.7 Å². The molecule has 1 fully saturated rings. The van der Waals surface area contributed by atoms with Crippen LogP contribution in [0.4, 0.5) is 0 Å². The number of aromatic nitrogens is 1. The molecule has 0 radical (unpaired) electrons. The Kier molecular flexibility index (Phi) is 9.48. The first kappa shape index (κ1) is 30.7. The zero-order valence-electron chi connectivity index (χ0n) is 24.6. The standard InChI is InChI=1S/C31H47NO5S/c1-17(12-23-16-38-20(4)32-23)25-11-10-22(30(5,6)7)13-21-14-24(21)18(2)28(35)19(3)29(36)31(8,9)26(33)15-27(34)37-25/h10,12,16,18-19,21,24-26,28,33,35H,11,13-15H2,1-9H3/b17-12?,22-10+/t18-,19+,21+,24+,25+,26-,28+/m0/s1. The minimum Gasteiger partial charge on any atom is -0.457 e. The number of cyclic esters (lactones) is 1. The van der Waals surface area contributed by atoms with E-state index in [1.54, 1.807) is 32.1 Å². The van der Waals surface area contributed by atoms with Crippen molar-refractivity contribution in [1.29, 1.82) is 0 Å². The quantitative estimate of drug-likeness (QED) is 0.342. The largest absolute Gasteiger partial charge is 0.457 e. The summed E-state index contributed by atoms with van der Waals surface area (Å²) in [5, 5.41) is 25.1. The molecule has 3 rings (SSSR count). The highest BCUT2D eigenvalue weighted by molar-refractivity contribution is 7.09. The predicted octanol–water partition coefficient (Wildman–Crippen LogP) is 6.15. The lowest BCUT2D eigenvalue weighted by Gasteiger charge is -2.34.